The van der Waals surface area contributed by atoms with Crippen molar-refractivity contribution in [3.05, 3.63) is 84.1 Å². The molecule has 1 amide bonds. The first-order chi connectivity index (χ1) is 16.6. The van der Waals surface area contributed by atoms with Gasteiger partial charge in [-0.05, 0) is 50.2 Å². The fourth-order valence-electron chi connectivity index (χ4n) is 3.20. The molecule has 2 aromatic carbocycles. The molecule has 0 spiro atoms. The number of benzene rings is 2. The predicted octanol–water partition coefficient (Wildman–Crippen LogP) is 4.94. The van der Waals surface area contributed by atoms with Gasteiger partial charge in [0.05, 0.1) is 30.9 Å². The number of para-hydroxylation sites is 2. The molecular formula is C25H26N4O4S. The van der Waals surface area contributed by atoms with Crippen LogP contribution in [0.3, 0.4) is 0 Å². The van der Waals surface area contributed by atoms with Gasteiger partial charge in [-0.2, -0.15) is 0 Å². The standard InChI is InChI=1S/C25H26N4O4S/c1-3-31-22-9-5-4-8-21(22)26-24(30)17-34-25-28-27-23(29(25)15-20-7-6-14-32-20)16-33-19-12-10-18(2)11-13-19/h4-14H,3,15-17H2,1-2H3,(H,26,30). The van der Waals surface area contributed by atoms with E-state index >= 15 is 0 Å². The number of hydrogen-bond acceptors (Lipinski definition) is 7. The fourth-order valence-corrected chi connectivity index (χ4v) is 3.96. The minimum Gasteiger partial charge on any atom is -0.492 e. The van der Waals surface area contributed by atoms with Gasteiger partial charge in [-0.1, -0.05) is 41.6 Å². The van der Waals surface area contributed by atoms with Crippen molar-refractivity contribution in [1.29, 1.82) is 0 Å². The molecule has 0 atom stereocenters. The second kappa shape index (κ2) is 11.4. The van der Waals surface area contributed by atoms with Crippen LogP contribution in [0.4, 0.5) is 5.69 Å². The van der Waals surface area contributed by atoms with E-state index in [2.05, 4.69) is 15.5 Å². The van der Waals surface area contributed by atoms with E-state index in [0.717, 1.165) is 17.1 Å². The number of aryl methyl sites for hydroxylation is 1. The van der Waals surface area contributed by atoms with Gasteiger partial charge in [-0.3, -0.25) is 9.36 Å². The lowest BCUT2D eigenvalue weighted by Gasteiger charge is -2.12. The van der Waals surface area contributed by atoms with Crippen molar-refractivity contribution >= 4 is 23.4 Å². The lowest BCUT2D eigenvalue weighted by atomic mass is 10.2. The van der Waals surface area contributed by atoms with Gasteiger partial charge < -0.3 is 19.2 Å². The molecule has 0 fully saturated rings. The van der Waals surface area contributed by atoms with Crippen molar-refractivity contribution in [2.24, 2.45) is 0 Å². The molecular weight excluding hydrogens is 452 g/mol. The maximum absolute atomic E-state index is 12.6. The third kappa shape index (κ3) is 6.20. The average Bonchev–Trinajstić information content (AvgIpc) is 3.49. The molecule has 8 nitrogen and oxygen atoms in total. The van der Waals surface area contributed by atoms with Gasteiger partial charge in [0, 0.05) is 0 Å². The Hall–Kier alpha value is -3.72. The number of aromatic nitrogens is 3. The van der Waals surface area contributed by atoms with E-state index < -0.39 is 0 Å². The Balaban J connectivity index is 1.44. The number of nitrogens with one attached hydrogen (secondary N) is 1. The number of carbonyl (C=O) groups excluding carboxylic acids is 1. The van der Waals surface area contributed by atoms with E-state index in [1.165, 1.54) is 11.8 Å². The van der Waals surface area contributed by atoms with Crippen LogP contribution in [0, 0.1) is 6.92 Å². The van der Waals surface area contributed by atoms with Gasteiger partial charge >= 0.3 is 0 Å². The molecule has 9 heteroatoms. The molecule has 0 radical (unpaired) electrons. The summed E-state index contributed by atoms with van der Waals surface area (Å²) in [4.78, 5) is 12.6. The quantitative estimate of drug-likeness (QED) is 0.305. The van der Waals surface area contributed by atoms with Gasteiger partial charge in [-0.15, -0.1) is 10.2 Å². The van der Waals surface area contributed by atoms with Crippen molar-refractivity contribution in [2.75, 3.05) is 17.7 Å². The molecule has 2 aromatic heterocycles. The first kappa shape index (κ1) is 23.4. The molecule has 0 aliphatic carbocycles. The number of hydrogen-bond donors (Lipinski definition) is 1. The maximum atomic E-state index is 12.6. The number of ether oxygens (including phenoxy) is 2. The molecule has 176 valence electrons. The highest BCUT2D eigenvalue weighted by atomic mass is 32.2. The van der Waals surface area contributed by atoms with E-state index in [-0.39, 0.29) is 18.3 Å². The molecule has 2 heterocycles. The van der Waals surface area contributed by atoms with Gasteiger partial charge in [-0.25, -0.2) is 0 Å². The Kier molecular flexibility index (Phi) is 7.87. The topological polar surface area (TPSA) is 91.4 Å². The molecule has 0 unspecified atom stereocenters. The Bertz CT molecular complexity index is 1210. The van der Waals surface area contributed by atoms with Crippen LogP contribution < -0.4 is 14.8 Å². The first-order valence-corrected chi connectivity index (χ1v) is 11.9. The molecule has 34 heavy (non-hydrogen) atoms. The minimum atomic E-state index is -0.165. The monoisotopic (exact) mass is 478 g/mol. The van der Waals surface area contributed by atoms with Crippen LogP contribution in [0.1, 0.15) is 24.1 Å². The van der Waals surface area contributed by atoms with Crippen LogP contribution in [0.2, 0.25) is 0 Å². The van der Waals surface area contributed by atoms with Gasteiger partial charge in [0.15, 0.2) is 11.0 Å². The maximum Gasteiger partial charge on any atom is 0.234 e. The summed E-state index contributed by atoms with van der Waals surface area (Å²) in [5.74, 6) is 2.78. The largest absolute Gasteiger partial charge is 0.492 e. The van der Waals surface area contributed by atoms with Crippen LogP contribution in [0.5, 0.6) is 11.5 Å². The van der Waals surface area contributed by atoms with E-state index in [0.29, 0.717) is 35.6 Å². The highest BCUT2D eigenvalue weighted by Gasteiger charge is 2.17. The van der Waals surface area contributed by atoms with E-state index in [9.17, 15) is 4.79 Å². The number of nitrogens with zero attached hydrogens (tertiary/aromatic N) is 3. The van der Waals surface area contributed by atoms with Gasteiger partial charge in [0.1, 0.15) is 23.9 Å². The molecule has 4 rings (SSSR count). The SMILES string of the molecule is CCOc1ccccc1NC(=O)CSc1nnc(COc2ccc(C)cc2)n1Cc1ccco1. The van der Waals surface area contributed by atoms with Crippen LogP contribution >= 0.6 is 11.8 Å². The number of amides is 1. The zero-order valence-electron chi connectivity index (χ0n) is 19.1. The van der Waals surface area contributed by atoms with Crippen molar-refractivity contribution in [3.63, 3.8) is 0 Å². The molecule has 0 aliphatic rings. The normalized spacial score (nSPS) is 10.8. The fraction of sp³-hybridized carbons (Fsp3) is 0.240. The third-order valence-electron chi connectivity index (χ3n) is 4.87. The molecule has 0 bridgehead atoms. The van der Waals surface area contributed by atoms with Crippen molar-refractivity contribution in [2.45, 2.75) is 32.2 Å². The summed E-state index contributed by atoms with van der Waals surface area (Å²) in [7, 11) is 0. The Labute approximate surface area is 202 Å². The van der Waals surface area contributed by atoms with Gasteiger partial charge in [0.2, 0.25) is 5.91 Å². The van der Waals surface area contributed by atoms with Crippen molar-refractivity contribution in [1.82, 2.24) is 14.8 Å². The lowest BCUT2D eigenvalue weighted by molar-refractivity contribution is -0.113. The molecule has 1 N–H and O–H groups in total. The predicted molar refractivity (Wildman–Crippen MR) is 130 cm³/mol. The van der Waals surface area contributed by atoms with E-state index in [1.54, 1.807) is 6.26 Å². The zero-order valence-corrected chi connectivity index (χ0v) is 19.9. The van der Waals surface area contributed by atoms with Crippen LogP contribution in [-0.2, 0) is 17.9 Å². The smallest absolute Gasteiger partial charge is 0.234 e. The summed E-state index contributed by atoms with van der Waals surface area (Å²) >= 11 is 1.30. The van der Waals surface area contributed by atoms with Crippen LogP contribution in [0.15, 0.2) is 76.5 Å². The second-order valence-corrected chi connectivity index (χ2v) is 8.37. The van der Waals surface area contributed by atoms with Crippen molar-refractivity contribution < 1.29 is 18.7 Å². The molecule has 0 saturated carbocycles. The number of anilines is 1. The first-order valence-electron chi connectivity index (χ1n) is 10.9. The minimum absolute atomic E-state index is 0.162. The Morgan fingerprint density at radius 2 is 1.88 bits per heavy atom. The molecule has 4 aromatic rings. The summed E-state index contributed by atoms with van der Waals surface area (Å²) in [6, 6.07) is 18.9. The van der Waals surface area contributed by atoms with E-state index in [4.69, 9.17) is 13.9 Å². The summed E-state index contributed by atoms with van der Waals surface area (Å²) in [5.41, 5.74) is 1.80. The number of thioether (sulfide) groups is 1. The number of furan rings is 1. The highest BCUT2D eigenvalue weighted by molar-refractivity contribution is 7.99. The number of carbonyl (C=O) groups is 1. The van der Waals surface area contributed by atoms with Crippen LogP contribution in [-0.4, -0.2) is 33.0 Å². The second-order valence-electron chi connectivity index (χ2n) is 7.43. The highest BCUT2D eigenvalue weighted by Crippen LogP contribution is 2.25. The van der Waals surface area contributed by atoms with E-state index in [1.807, 2.05) is 79.1 Å². The van der Waals surface area contributed by atoms with Crippen LogP contribution in [0.25, 0.3) is 0 Å². The molecule has 0 saturated heterocycles. The average molecular weight is 479 g/mol. The Morgan fingerprint density at radius 1 is 1.06 bits per heavy atom. The molecule has 0 aliphatic heterocycles. The summed E-state index contributed by atoms with van der Waals surface area (Å²) in [6.07, 6.45) is 1.62. The lowest BCUT2D eigenvalue weighted by Crippen LogP contribution is -2.16. The van der Waals surface area contributed by atoms with Crippen molar-refractivity contribution in [3.8, 4) is 11.5 Å². The summed E-state index contributed by atoms with van der Waals surface area (Å²) in [6.45, 7) is 5.12. The Morgan fingerprint density at radius 3 is 2.65 bits per heavy atom. The number of rotatable bonds is 11. The third-order valence-corrected chi connectivity index (χ3v) is 5.84. The van der Waals surface area contributed by atoms with Gasteiger partial charge in [0.25, 0.3) is 0 Å². The summed E-state index contributed by atoms with van der Waals surface area (Å²) < 4.78 is 18.9. The summed E-state index contributed by atoms with van der Waals surface area (Å²) in [5, 5.41) is 12.1. The zero-order chi connectivity index (χ0) is 23.8.